The topological polar surface area (TPSA) is 38.5 Å². The Morgan fingerprint density at radius 2 is 2.00 bits per heavy atom. The molecule has 1 rings (SSSR count). The first kappa shape index (κ1) is 12.9. The molecule has 0 radical (unpaired) electrons. The molecule has 0 bridgehead atoms. The molecular formula is C12H18N2OS. The first-order chi connectivity index (χ1) is 7.56. The molecule has 0 aromatic heterocycles. The van der Waals surface area contributed by atoms with Gasteiger partial charge in [0.05, 0.1) is 6.61 Å². The molecule has 0 heterocycles. The van der Waals surface area contributed by atoms with E-state index in [-0.39, 0.29) is 0 Å². The molecule has 4 heteroatoms. The number of nitrogens with two attached hydrogens (primary N) is 1. The van der Waals surface area contributed by atoms with Gasteiger partial charge in [-0.15, -0.1) is 0 Å². The van der Waals surface area contributed by atoms with Crippen LogP contribution in [0.2, 0.25) is 0 Å². The third kappa shape index (κ3) is 3.18. The van der Waals surface area contributed by atoms with E-state index in [9.17, 15) is 0 Å². The highest BCUT2D eigenvalue weighted by atomic mass is 32.1. The second-order valence-corrected chi connectivity index (χ2v) is 4.27. The smallest absolute Gasteiger partial charge is 0.103 e. The average Bonchev–Trinajstić information content (AvgIpc) is 2.28. The minimum atomic E-state index is 0.334. The highest BCUT2D eigenvalue weighted by Crippen LogP contribution is 2.16. The van der Waals surface area contributed by atoms with E-state index in [0.717, 1.165) is 11.3 Å². The maximum Gasteiger partial charge on any atom is 0.103 e. The Morgan fingerprint density at radius 3 is 2.44 bits per heavy atom. The number of hydrogen-bond acceptors (Lipinski definition) is 3. The Labute approximate surface area is 102 Å². The molecule has 0 saturated carbocycles. The lowest BCUT2D eigenvalue weighted by atomic mass is 10.2. The zero-order valence-electron chi connectivity index (χ0n) is 9.93. The van der Waals surface area contributed by atoms with Crippen molar-refractivity contribution in [1.29, 1.82) is 0 Å². The van der Waals surface area contributed by atoms with Gasteiger partial charge in [-0.1, -0.05) is 12.2 Å². The highest BCUT2D eigenvalue weighted by Gasteiger charge is 2.09. The molecule has 1 aromatic carbocycles. The van der Waals surface area contributed by atoms with E-state index in [4.69, 9.17) is 22.7 Å². The van der Waals surface area contributed by atoms with Crippen LogP contribution in [0.1, 0.15) is 12.5 Å². The van der Waals surface area contributed by atoms with Crippen molar-refractivity contribution < 1.29 is 4.74 Å². The number of anilines is 1. The van der Waals surface area contributed by atoms with Crippen LogP contribution in [0.3, 0.4) is 0 Å². The van der Waals surface area contributed by atoms with Crippen LogP contribution in [0, 0.1) is 0 Å². The third-order valence-electron chi connectivity index (χ3n) is 2.63. The van der Waals surface area contributed by atoms with Gasteiger partial charge in [-0.25, -0.2) is 0 Å². The monoisotopic (exact) mass is 238 g/mol. The van der Waals surface area contributed by atoms with Gasteiger partial charge in [0.1, 0.15) is 4.99 Å². The molecule has 0 aliphatic rings. The minimum absolute atomic E-state index is 0.334. The lowest BCUT2D eigenvalue weighted by Crippen LogP contribution is -2.32. The standard InChI is InChI=1S/C12H18N2OS/c1-9(8-15-3)14(2)11-6-4-10(5-7-11)12(13)16/h4-7,9H,8H2,1-3H3,(H2,13,16). The SMILES string of the molecule is COCC(C)N(C)c1ccc(C(N)=S)cc1. The van der Waals surface area contributed by atoms with E-state index < -0.39 is 0 Å². The van der Waals surface area contributed by atoms with Gasteiger partial charge in [0.2, 0.25) is 0 Å². The van der Waals surface area contributed by atoms with Crippen LogP contribution in [-0.4, -0.2) is 31.8 Å². The predicted molar refractivity (Wildman–Crippen MR) is 72.1 cm³/mol. The van der Waals surface area contributed by atoms with Gasteiger partial charge in [-0.2, -0.15) is 0 Å². The van der Waals surface area contributed by atoms with Gasteiger partial charge < -0.3 is 15.4 Å². The Bertz CT molecular complexity index is 351. The van der Waals surface area contributed by atoms with Crippen molar-refractivity contribution in [1.82, 2.24) is 0 Å². The molecule has 88 valence electrons. The van der Waals surface area contributed by atoms with Gasteiger partial charge in [-0.3, -0.25) is 0 Å². The van der Waals surface area contributed by atoms with Crippen LogP contribution in [0.15, 0.2) is 24.3 Å². The minimum Gasteiger partial charge on any atom is -0.389 e. The van der Waals surface area contributed by atoms with Crippen molar-refractivity contribution in [2.24, 2.45) is 5.73 Å². The molecule has 0 aliphatic heterocycles. The van der Waals surface area contributed by atoms with Gasteiger partial charge in [0.25, 0.3) is 0 Å². The van der Waals surface area contributed by atoms with E-state index in [1.165, 1.54) is 0 Å². The number of likely N-dealkylation sites (N-methyl/N-ethyl adjacent to an activating group) is 1. The zero-order chi connectivity index (χ0) is 12.1. The molecule has 1 aromatic rings. The molecule has 0 amide bonds. The van der Waals surface area contributed by atoms with E-state index in [0.29, 0.717) is 17.6 Å². The summed E-state index contributed by atoms with van der Waals surface area (Å²) in [6.07, 6.45) is 0. The summed E-state index contributed by atoms with van der Waals surface area (Å²) in [7, 11) is 3.75. The fourth-order valence-electron chi connectivity index (χ4n) is 1.47. The Morgan fingerprint density at radius 1 is 1.44 bits per heavy atom. The first-order valence-electron chi connectivity index (χ1n) is 5.18. The molecule has 1 atom stereocenters. The summed E-state index contributed by atoms with van der Waals surface area (Å²) in [5.74, 6) is 0. The quantitative estimate of drug-likeness (QED) is 0.794. The van der Waals surface area contributed by atoms with Crippen molar-refractivity contribution in [3.63, 3.8) is 0 Å². The fraction of sp³-hybridized carbons (Fsp3) is 0.417. The molecule has 0 aliphatic carbocycles. The van der Waals surface area contributed by atoms with E-state index >= 15 is 0 Å². The van der Waals surface area contributed by atoms with Gasteiger partial charge in [0.15, 0.2) is 0 Å². The highest BCUT2D eigenvalue weighted by molar-refractivity contribution is 7.80. The zero-order valence-corrected chi connectivity index (χ0v) is 10.8. The van der Waals surface area contributed by atoms with Gasteiger partial charge in [-0.05, 0) is 31.2 Å². The Hall–Kier alpha value is -1.13. The lowest BCUT2D eigenvalue weighted by molar-refractivity contribution is 0.183. The normalized spacial score (nSPS) is 12.2. The van der Waals surface area contributed by atoms with Gasteiger partial charge >= 0.3 is 0 Å². The first-order valence-corrected chi connectivity index (χ1v) is 5.58. The lowest BCUT2D eigenvalue weighted by Gasteiger charge is -2.26. The van der Waals surface area contributed by atoms with E-state index in [1.807, 2.05) is 31.3 Å². The second kappa shape index (κ2) is 5.82. The average molecular weight is 238 g/mol. The van der Waals surface area contributed by atoms with Crippen LogP contribution in [0.5, 0.6) is 0 Å². The van der Waals surface area contributed by atoms with Crippen LogP contribution in [-0.2, 0) is 4.74 Å². The number of methoxy groups -OCH3 is 1. The van der Waals surface area contributed by atoms with Gasteiger partial charge in [0, 0.05) is 31.5 Å². The molecular weight excluding hydrogens is 220 g/mol. The number of ether oxygens (including phenoxy) is 1. The third-order valence-corrected chi connectivity index (χ3v) is 2.86. The summed E-state index contributed by atoms with van der Waals surface area (Å²) in [5, 5.41) is 0. The summed E-state index contributed by atoms with van der Waals surface area (Å²) in [5.41, 5.74) is 7.57. The number of nitrogens with zero attached hydrogens (tertiary/aromatic N) is 1. The van der Waals surface area contributed by atoms with E-state index in [1.54, 1.807) is 7.11 Å². The summed E-state index contributed by atoms with van der Waals surface area (Å²) in [6.45, 7) is 2.82. The maximum absolute atomic E-state index is 5.55. The van der Waals surface area contributed by atoms with Crippen molar-refractivity contribution in [2.75, 3.05) is 25.7 Å². The Kier molecular flexibility index (Phi) is 4.71. The predicted octanol–water partition coefficient (Wildman–Crippen LogP) is 1.79. The van der Waals surface area contributed by atoms with Crippen LogP contribution < -0.4 is 10.6 Å². The van der Waals surface area contributed by atoms with Crippen molar-refractivity contribution in [3.05, 3.63) is 29.8 Å². The number of thiocarbonyl (C=S) groups is 1. The molecule has 0 saturated heterocycles. The van der Waals surface area contributed by atoms with Crippen molar-refractivity contribution in [3.8, 4) is 0 Å². The molecule has 0 spiro atoms. The summed E-state index contributed by atoms with van der Waals surface area (Å²) < 4.78 is 5.13. The molecule has 16 heavy (non-hydrogen) atoms. The molecule has 3 nitrogen and oxygen atoms in total. The summed E-state index contributed by atoms with van der Waals surface area (Å²) in [6, 6.07) is 8.24. The molecule has 0 fully saturated rings. The van der Waals surface area contributed by atoms with Crippen LogP contribution >= 0.6 is 12.2 Å². The molecule has 1 unspecified atom stereocenters. The van der Waals surface area contributed by atoms with Crippen LogP contribution in [0.25, 0.3) is 0 Å². The van der Waals surface area contributed by atoms with Crippen LogP contribution in [0.4, 0.5) is 5.69 Å². The number of rotatable bonds is 5. The maximum atomic E-state index is 5.55. The van der Waals surface area contributed by atoms with Crippen molar-refractivity contribution >= 4 is 22.9 Å². The number of hydrogen-bond donors (Lipinski definition) is 1. The summed E-state index contributed by atoms with van der Waals surface area (Å²) >= 11 is 4.91. The number of benzene rings is 1. The van der Waals surface area contributed by atoms with Crippen molar-refractivity contribution in [2.45, 2.75) is 13.0 Å². The molecule has 2 N–H and O–H groups in total. The summed E-state index contributed by atoms with van der Waals surface area (Å²) in [4.78, 5) is 2.59. The second-order valence-electron chi connectivity index (χ2n) is 3.83. The fourth-order valence-corrected chi connectivity index (χ4v) is 1.60. The Balaban J connectivity index is 2.77. The van der Waals surface area contributed by atoms with E-state index in [2.05, 4.69) is 11.8 Å². The largest absolute Gasteiger partial charge is 0.389 e.